The third-order valence-corrected chi connectivity index (χ3v) is 9.40. The molecule has 8 heteroatoms. The van der Waals surface area contributed by atoms with Crippen LogP contribution in [-0.4, -0.2) is 29.6 Å². The molecule has 1 unspecified atom stereocenters. The van der Waals surface area contributed by atoms with E-state index in [2.05, 4.69) is 20.8 Å². The maximum absolute atomic E-state index is 13.7. The van der Waals surface area contributed by atoms with Crippen molar-refractivity contribution in [2.24, 2.45) is 0 Å². The first kappa shape index (κ1) is 20.6. The summed E-state index contributed by atoms with van der Waals surface area (Å²) in [4.78, 5) is 0. The molecule has 0 aliphatic heterocycles. The first-order chi connectivity index (χ1) is 10.2. The molecule has 0 aliphatic carbocycles. The number of rotatable bonds is 6. The lowest BCUT2D eigenvalue weighted by atomic mass is 10.1. The number of hydrogen-bond acceptors (Lipinski definition) is 4. The van der Waals surface area contributed by atoms with Crippen molar-refractivity contribution in [2.75, 3.05) is 12.9 Å². The monoisotopic (exact) mass is 382 g/mol. The normalized spacial score (nSPS) is 14.8. The molecule has 1 aromatic carbocycles. The van der Waals surface area contributed by atoms with Crippen molar-refractivity contribution in [3.05, 3.63) is 34.6 Å². The molecule has 0 aliphatic rings. The number of halogens is 2. The molecule has 0 amide bonds. The van der Waals surface area contributed by atoms with Crippen LogP contribution >= 0.6 is 11.6 Å². The SMILES string of the molecule is CC(C)(C)[Si](C)(C)OCC(OS(C)(=O)=O)c1ccc(Cl)c(F)c1. The summed E-state index contributed by atoms with van der Waals surface area (Å²) in [6.07, 6.45) is 0.0457. The fourth-order valence-corrected chi connectivity index (χ4v) is 3.31. The lowest BCUT2D eigenvalue weighted by molar-refractivity contribution is 0.127. The summed E-state index contributed by atoms with van der Waals surface area (Å²) < 4.78 is 47.8. The van der Waals surface area contributed by atoms with E-state index in [4.69, 9.17) is 20.2 Å². The topological polar surface area (TPSA) is 52.6 Å². The highest BCUT2D eigenvalue weighted by Gasteiger charge is 2.38. The Morgan fingerprint density at radius 1 is 1.30 bits per heavy atom. The second-order valence-corrected chi connectivity index (χ2v) is 13.9. The molecule has 0 spiro atoms. The Balaban J connectivity index is 3.05. The van der Waals surface area contributed by atoms with Gasteiger partial charge in [-0.15, -0.1) is 0 Å². The average molecular weight is 383 g/mol. The van der Waals surface area contributed by atoms with E-state index < -0.39 is 30.4 Å². The van der Waals surface area contributed by atoms with Crippen molar-refractivity contribution in [2.45, 2.75) is 45.0 Å². The van der Waals surface area contributed by atoms with Gasteiger partial charge in [0, 0.05) is 0 Å². The zero-order chi connectivity index (χ0) is 18.1. The molecule has 0 aromatic heterocycles. The Hall–Kier alpha value is -0.473. The van der Waals surface area contributed by atoms with Gasteiger partial charge in [-0.05, 0) is 35.8 Å². The Morgan fingerprint density at radius 2 is 1.87 bits per heavy atom. The summed E-state index contributed by atoms with van der Waals surface area (Å²) in [5.74, 6) is -0.626. The van der Waals surface area contributed by atoms with E-state index >= 15 is 0 Å². The van der Waals surface area contributed by atoms with Crippen LogP contribution in [0.5, 0.6) is 0 Å². The lowest BCUT2D eigenvalue weighted by Gasteiger charge is -2.37. The van der Waals surface area contributed by atoms with Gasteiger partial charge in [-0.25, -0.2) is 4.39 Å². The minimum atomic E-state index is -3.72. The lowest BCUT2D eigenvalue weighted by Crippen LogP contribution is -2.42. The van der Waals surface area contributed by atoms with E-state index in [0.717, 1.165) is 6.26 Å². The molecule has 23 heavy (non-hydrogen) atoms. The predicted molar refractivity (Wildman–Crippen MR) is 93.2 cm³/mol. The molecule has 0 bridgehead atoms. The number of hydrogen-bond donors (Lipinski definition) is 0. The van der Waals surface area contributed by atoms with E-state index in [1.807, 2.05) is 13.1 Å². The van der Waals surface area contributed by atoms with Crippen LogP contribution in [0.15, 0.2) is 18.2 Å². The van der Waals surface area contributed by atoms with Crippen LogP contribution in [-0.2, 0) is 18.7 Å². The molecule has 0 fully saturated rings. The minimum absolute atomic E-state index is 0.0304. The number of benzene rings is 1. The van der Waals surface area contributed by atoms with Crippen LogP contribution in [0, 0.1) is 5.82 Å². The molecule has 1 atom stereocenters. The fraction of sp³-hybridized carbons (Fsp3) is 0.600. The Morgan fingerprint density at radius 3 is 2.30 bits per heavy atom. The van der Waals surface area contributed by atoms with E-state index in [-0.39, 0.29) is 16.7 Å². The molecule has 0 saturated heterocycles. The third kappa shape index (κ3) is 6.15. The highest BCUT2D eigenvalue weighted by molar-refractivity contribution is 7.86. The van der Waals surface area contributed by atoms with Crippen LogP contribution in [0.1, 0.15) is 32.4 Å². The highest BCUT2D eigenvalue weighted by Crippen LogP contribution is 2.37. The standard InChI is InChI=1S/C15H24ClFO4SSi/c1-15(2,3)23(5,6)20-10-14(21-22(4,18)19)11-7-8-12(16)13(17)9-11/h7-9,14H,10H2,1-6H3. The van der Waals surface area contributed by atoms with Crippen LogP contribution in [0.3, 0.4) is 0 Å². The van der Waals surface area contributed by atoms with Gasteiger partial charge in [0.15, 0.2) is 8.32 Å². The van der Waals surface area contributed by atoms with Gasteiger partial charge in [0.05, 0.1) is 17.9 Å². The fourth-order valence-electron chi connectivity index (χ4n) is 1.60. The largest absolute Gasteiger partial charge is 0.414 e. The van der Waals surface area contributed by atoms with Gasteiger partial charge in [0.25, 0.3) is 10.1 Å². The van der Waals surface area contributed by atoms with Gasteiger partial charge in [-0.2, -0.15) is 8.42 Å². The summed E-state index contributed by atoms with van der Waals surface area (Å²) in [5, 5.41) is -0.0642. The highest BCUT2D eigenvalue weighted by atomic mass is 35.5. The van der Waals surface area contributed by atoms with Gasteiger partial charge >= 0.3 is 0 Å². The van der Waals surface area contributed by atoms with E-state index in [0.29, 0.717) is 5.56 Å². The quantitative estimate of drug-likeness (QED) is 0.536. The van der Waals surface area contributed by atoms with E-state index in [9.17, 15) is 12.8 Å². The van der Waals surface area contributed by atoms with Gasteiger partial charge in [0.2, 0.25) is 0 Å². The smallest absolute Gasteiger partial charge is 0.265 e. The Bertz CT molecular complexity index is 656. The minimum Gasteiger partial charge on any atom is -0.414 e. The van der Waals surface area contributed by atoms with Crippen molar-refractivity contribution in [1.29, 1.82) is 0 Å². The molecule has 1 aromatic rings. The summed E-state index contributed by atoms with van der Waals surface area (Å²) in [6.45, 7) is 10.4. The zero-order valence-electron chi connectivity index (χ0n) is 14.3. The summed E-state index contributed by atoms with van der Waals surface area (Å²) in [7, 11) is -5.81. The van der Waals surface area contributed by atoms with Crippen molar-refractivity contribution in [3.63, 3.8) is 0 Å². The first-order valence-corrected chi connectivity index (χ1v) is 12.3. The van der Waals surface area contributed by atoms with Crippen molar-refractivity contribution in [1.82, 2.24) is 0 Å². The van der Waals surface area contributed by atoms with Gasteiger partial charge in [-0.1, -0.05) is 38.4 Å². The average Bonchev–Trinajstić information content (AvgIpc) is 2.35. The molecule has 132 valence electrons. The summed E-state index contributed by atoms with van der Waals surface area (Å²) >= 11 is 5.67. The van der Waals surface area contributed by atoms with Gasteiger partial charge < -0.3 is 4.43 Å². The summed E-state index contributed by atoms with van der Waals surface area (Å²) in [6, 6.07) is 4.08. The molecule has 0 saturated carbocycles. The molecule has 0 heterocycles. The maximum atomic E-state index is 13.7. The zero-order valence-corrected chi connectivity index (χ0v) is 16.9. The van der Waals surface area contributed by atoms with Crippen LogP contribution in [0.2, 0.25) is 23.2 Å². The van der Waals surface area contributed by atoms with Crippen molar-refractivity contribution >= 4 is 30.0 Å². The Kier molecular flexibility index (Phi) is 6.43. The van der Waals surface area contributed by atoms with E-state index in [1.54, 1.807) is 0 Å². The second kappa shape index (κ2) is 7.19. The Labute approximate surface area is 144 Å². The first-order valence-electron chi connectivity index (χ1n) is 7.20. The third-order valence-electron chi connectivity index (χ3n) is 4.01. The molecular weight excluding hydrogens is 359 g/mol. The predicted octanol–water partition coefficient (Wildman–Crippen LogP) is 4.52. The van der Waals surface area contributed by atoms with Crippen molar-refractivity contribution < 1.29 is 21.4 Å². The molecule has 0 radical (unpaired) electrons. The van der Waals surface area contributed by atoms with Crippen LogP contribution in [0.25, 0.3) is 0 Å². The van der Waals surface area contributed by atoms with Gasteiger partial charge in [-0.3, -0.25) is 4.18 Å². The van der Waals surface area contributed by atoms with Crippen molar-refractivity contribution in [3.8, 4) is 0 Å². The van der Waals surface area contributed by atoms with Crippen LogP contribution < -0.4 is 0 Å². The molecular formula is C15H24ClFO4SSi. The summed E-state index contributed by atoms with van der Waals surface area (Å²) in [5.41, 5.74) is 0.371. The molecule has 1 rings (SSSR count). The maximum Gasteiger partial charge on any atom is 0.265 e. The molecule has 0 N–H and O–H groups in total. The second-order valence-electron chi connectivity index (χ2n) is 7.03. The van der Waals surface area contributed by atoms with Crippen LogP contribution in [0.4, 0.5) is 4.39 Å². The molecule has 4 nitrogen and oxygen atoms in total. The van der Waals surface area contributed by atoms with E-state index in [1.165, 1.54) is 18.2 Å². The van der Waals surface area contributed by atoms with Gasteiger partial charge in [0.1, 0.15) is 11.9 Å².